The summed E-state index contributed by atoms with van der Waals surface area (Å²) in [5, 5.41) is 13.2. The average molecular weight is 322 g/mol. The fraction of sp³-hybridized carbons (Fsp3) is 0.158. The van der Waals surface area contributed by atoms with E-state index in [2.05, 4.69) is 22.4 Å². The predicted molar refractivity (Wildman–Crippen MR) is 94.8 cm³/mol. The Labute approximate surface area is 139 Å². The molecule has 24 heavy (non-hydrogen) atoms. The summed E-state index contributed by atoms with van der Waals surface area (Å²) in [5.41, 5.74) is 1.40. The molecule has 0 atom stereocenters. The van der Waals surface area contributed by atoms with Crippen LogP contribution in [0, 0.1) is 0 Å². The second kappa shape index (κ2) is 7.00. The highest BCUT2D eigenvalue weighted by molar-refractivity contribution is 6.04. The number of aromatic nitrogens is 1. The number of carboxylic acids is 1. The molecule has 3 aromatic rings. The molecule has 0 radical (unpaired) electrons. The SMILES string of the molecule is O=C(O)c1c(NCCCc2ccccc2)c2ccccc2[nH]c1=O. The number of benzene rings is 2. The molecule has 0 spiro atoms. The fourth-order valence-electron chi connectivity index (χ4n) is 2.78. The molecule has 0 amide bonds. The summed E-state index contributed by atoms with van der Waals surface area (Å²) >= 11 is 0. The molecule has 5 nitrogen and oxygen atoms in total. The van der Waals surface area contributed by atoms with Gasteiger partial charge in [-0.3, -0.25) is 4.79 Å². The molecule has 0 saturated heterocycles. The lowest BCUT2D eigenvalue weighted by atomic mass is 10.1. The maximum atomic E-state index is 12.1. The largest absolute Gasteiger partial charge is 0.477 e. The van der Waals surface area contributed by atoms with Crippen LogP contribution in [0.15, 0.2) is 59.4 Å². The van der Waals surface area contributed by atoms with E-state index in [4.69, 9.17) is 0 Å². The van der Waals surface area contributed by atoms with Crippen molar-refractivity contribution in [2.45, 2.75) is 12.8 Å². The summed E-state index contributed by atoms with van der Waals surface area (Å²) in [7, 11) is 0. The molecule has 0 unspecified atom stereocenters. The number of hydrogen-bond donors (Lipinski definition) is 3. The van der Waals surface area contributed by atoms with Gasteiger partial charge in [0, 0.05) is 11.9 Å². The van der Waals surface area contributed by atoms with Crippen molar-refractivity contribution < 1.29 is 9.90 Å². The Morgan fingerprint density at radius 2 is 1.75 bits per heavy atom. The molecule has 0 bridgehead atoms. The number of aryl methyl sites for hydroxylation is 1. The maximum absolute atomic E-state index is 12.1. The smallest absolute Gasteiger partial charge is 0.343 e. The van der Waals surface area contributed by atoms with Gasteiger partial charge in [-0.25, -0.2) is 4.79 Å². The van der Waals surface area contributed by atoms with Crippen molar-refractivity contribution in [1.82, 2.24) is 4.98 Å². The molecule has 1 heterocycles. The Hall–Kier alpha value is -3.08. The number of aromatic amines is 1. The van der Waals surface area contributed by atoms with Gasteiger partial charge in [-0.15, -0.1) is 0 Å². The van der Waals surface area contributed by atoms with Crippen molar-refractivity contribution in [3.05, 3.63) is 76.1 Å². The number of nitrogens with one attached hydrogen (secondary N) is 2. The lowest BCUT2D eigenvalue weighted by Gasteiger charge is -2.12. The van der Waals surface area contributed by atoms with Gasteiger partial charge in [-0.2, -0.15) is 0 Å². The number of fused-ring (bicyclic) bond motifs is 1. The van der Waals surface area contributed by atoms with E-state index in [0.29, 0.717) is 23.1 Å². The van der Waals surface area contributed by atoms with Gasteiger partial charge in [0.2, 0.25) is 0 Å². The first-order valence-electron chi connectivity index (χ1n) is 7.83. The predicted octanol–water partition coefficient (Wildman–Crippen LogP) is 3.27. The van der Waals surface area contributed by atoms with Gasteiger partial charge in [0.1, 0.15) is 5.56 Å². The molecule has 0 fully saturated rings. The van der Waals surface area contributed by atoms with Gasteiger partial charge in [0.05, 0.1) is 11.2 Å². The van der Waals surface area contributed by atoms with Crippen molar-refractivity contribution in [2.24, 2.45) is 0 Å². The quantitative estimate of drug-likeness (QED) is 0.608. The van der Waals surface area contributed by atoms with Crippen LogP contribution in [0.5, 0.6) is 0 Å². The highest BCUT2D eigenvalue weighted by atomic mass is 16.4. The number of rotatable bonds is 6. The van der Waals surface area contributed by atoms with Crippen LogP contribution < -0.4 is 10.9 Å². The van der Waals surface area contributed by atoms with Crippen molar-refractivity contribution in [1.29, 1.82) is 0 Å². The molecular formula is C19H18N2O3. The number of pyridine rings is 1. The minimum absolute atomic E-state index is 0.242. The molecule has 0 aliphatic rings. The number of carboxylic acid groups (broad SMARTS) is 1. The summed E-state index contributed by atoms with van der Waals surface area (Å²) in [4.78, 5) is 26.2. The monoisotopic (exact) mass is 322 g/mol. The number of anilines is 1. The molecular weight excluding hydrogens is 304 g/mol. The average Bonchev–Trinajstić information content (AvgIpc) is 2.58. The lowest BCUT2D eigenvalue weighted by Crippen LogP contribution is -2.21. The summed E-state index contributed by atoms with van der Waals surface area (Å²) < 4.78 is 0. The van der Waals surface area contributed by atoms with Crippen molar-refractivity contribution in [3.8, 4) is 0 Å². The van der Waals surface area contributed by atoms with Gasteiger partial charge in [-0.05, 0) is 24.5 Å². The number of H-pyrrole nitrogens is 1. The molecule has 0 aliphatic heterocycles. The first-order chi connectivity index (χ1) is 11.7. The van der Waals surface area contributed by atoms with Gasteiger partial charge < -0.3 is 15.4 Å². The highest BCUT2D eigenvalue weighted by Gasteiger charge is 2.18. The van der Waals surface area contributed by atoms with Crippen LogP contribution in [0.2, 0.25) is 0 Å². The number of hydrogen-bond acceptors (Lipinski definition) is 3. The molecule has 0 saturated carbocycles. The first kappa shape index (κ1) is 15.8. The van der Waals surface area contributed by atoms with Crippen molar-refractivity contribution in [2.75, 3.05) is 11.9 Å². The zero-order valence-corrected chi connectivity index (χ0v) is 13.1. The third kappa shape index (κ3) is 3.30. The molecule has 122 valence electrons. The first-order valence-corrected chi connectivity index (χ1v) is 7.83. The molecule has 0 aliphatic carbocycles. The lowest BCUT2D eigenvalue weighted by molar-refractivity contribution is 0.0696. The highest BCUT2D eigenvalue weighted by Crippen LogP contribution is 2.23. The third-order valence-corrected chi connectivity index (χ3v) is 3.92. The van der Waals surface area contributed by atoms with Gasteiger partial charge in [0.25, 0.3) is 5.56 Å². The van der Waals surface area contributed by atoms with Crippen LogP contribution in [0.1, 0.15) is 22.3 Å². The van der Waals surface area contributed by atoms with Gasteiger partial charge in [-0.1, -0.05) is 48.5 Å². The number of para-hydroxylation sites is 1. The second-order valence-corrected chi connectivity index (χ2v) is 5.57. The molecule has 3 N–H and O–H groups in total. The van der Waals surface area contributed by atoms with Crippen molar-refractivity contribution >= 4 is 22.6 Å². The Bertz CT molecular complexity index is 917. The zero-order chi connectivity index (χ0) is 16.9. The van der Waals surface area contributed by atoms with E-state index in [-0.39, 0.29) is 5.56 Å². The fourth-order valence-corrected chi connectivity index (χ4v) is 2.78. The van der Waals surface area contributed by atoms with E-state index < -0.39 is 11.5 Å². The topological polar surface area (TPSA) is 82.2 Å². The number of carbonyl (C=O) groups is 1. The normalized spacial score (nSPS) is 10.7. The Balaban J connectivity index is 1.83. The maximum Gasteiger partial charge on any atom is 0.343 e. The molecule has 3 rings (SSSR count). The Morgan fingerprint density at radius 3 is 2.50 bits per heavy atom. The van der Waals surface area contributed by atoms with Crippen LogP contribution in [0.25, 0.3) is 10.9 Å². The summed E-state index contributed by atoms with van der Waals surface area (Å²) in [5.74, 6) is -1.23. The van der Waals surface area contributed by atoms with E-state index in [9.17, 15) is 14.7 Å². The van der Waals surface area contributed by atoms with E-state index in [1.807, 2.05) is 24.3 Å². The molecule has 2 aromatic carbocycles. The van der Waals surface area contributed by atoms with Crippen LogP contribution in [0.4, 0.5) is 5.69 Å². The van der Waals surface area contributed by atoms with Crippen LogP contribution >= 0.6 is 0 Å². The summed E-state index contributed by atoms with van der Waals surface area (Å²) in [6.45, 7) is 0.586. The van der Waals surface area contributed by atoms with Crippen LogP contribution in [-0.2, 0) is 6.42 Å². The van der Waals surface area contributed by atoms with Crippen LogP contribution in [0.3, 0.4) is 0 Å². The molecule has 1 aromatic heterocycles. The van der Waals surface area contributed by atoms with Crippen LogP contribution in [-0.4, -0.2) is 22.6 Å². The van der Waals surface area contributed by atoms with E-state index in [1.54, 1.807) is 18.2 Å². The van der Waals surface area contributed by atoms with Crippen molar-refractivity contribution in [3.63, 3.8) is 0 Å². The van der Waals surface area contributed by atoms with E-state index in [1.165, 1.54) is 5.56 Å². The van der Waals surface area contributed by atoms with E-state index in [0.717, 1.165) is 12.8 Å². The third-order valence-electron chi connectivity index (χ3n) is 3.92. The second-order valence-electron chi connectivity index (χ2n) is 5.57. The number of aromatic carboxylic acids is 1. The standard InChI is InChI=1S/C19H18N2O3/c22-18-16(19(23)24)17(14-10-4-5-11-15(14)21-18)20-12-6-9-13-7-2-1-3-8-13/h1-5,7-8,10-11H,6,9,12H2,(H,23,24)(H2,20,21,22). The van der Waals surface area contributed by atoms with Gasteiger partial charge in [0.15, 0.2) is 0 Å². The Morgan fingerprint density at radius 1 is 1.04 bits per heavy atom. The van der Waals surface area contributed by atoms with Gasteiger partial charge >= 0.3 is 5.97 Å². The van der Waals surface area contributed by atoms with E-state index >= 15 is 0 Å². The Kier molecular flexibility index (Phi) is 4.61. The minimum Gasteiger partial charge on any atom is -0.477 e. The summed E-state index contributed by atoms with van der Waals surface area (Å²) in [6, 6.07) is 17.3. The summed E-state index contributed by atoms with van der Waals surface area (Å²) in [6.07, 6.45) is 1.72. The minimum atomic E-state index is -1.23. The molecule has 5 heteroatoms. The zero-order valence-electron chi connectivity index (χ0n) is 13.1.